The van der Waals surface area contributed by atoms with E-state index in [1.54, 1.807) is 12.1 Å². The molecule has 0 unspecified atom stereocenters. The zero-order valence-corrected chi connectivity index (χ0v) is 18.4. The van der Waals surface area contributed by atoms with Crippen LogP contribution in [0.25, 0.3) is 16.6 Å². The molecule has 3 N–H and O–H groups in total. The normalized spacial score (nSPS) is 16.3. The number of rotatable bonds is 8. The largest absolute Gasteiger partial charge is 0.478 e. The van der Waals surface area contributed by atoms with Gasteiger partial charge in [0.05, 0.1) is 42.1 Å². The van der Waals surface area contributed by atoms with Gasteiger partial charge in [0.25, 0.3) is 6.01 Å². The van der Waals surface area contributed by atoms with E-state index in [1.807, 2.05) is 41.4 Å². The van der Waals surface area contributed by atoms with E-state index in [0.29, 0.717) is 50.1 Å². The van der Waals surface area contributed by atoms with E-state index in [4.69, 9.17) is 9.57 Å². The van der Waals surface area contributed by atoms with Crippen molar-refractivity contribution in [2.45, 2.75) is 19.3 Å². The minimum atomic E-state index is -1.03. The smallest absolute Gasteiger partial charge is 0.337 e. The molecule has 1 aliphatic heterocycles. The van der Waals surface area contributed by atoms with Crippen molar-refractivity contribution in [1.82, 2.24) is 20.6 Å². The van der Waals surface area contributed by atoms with Gasteiger partial charge in [-0.15, -0.1) is 5.59 Å². The number of ether oxygens (including phenoxy) is 1. The molecule has 0 saturated carbocycles. The lowest BCUT2D eigenvalue weighted by molar-refractivity contribution is -0.114. The summed E-state index contributed by atoms with van der Waals surface area (Å²) in [6.45, 7) is 1.59. The molecule has 2 aliphatic rings. The summed E-state index contributed by atoms with van der Waals surface area (Å²) < 4.78 is 5.72. The number of benzene rings is 2. The molecule has 2 heterocycles. The van der Waals surface area contributed by atoms with Crippen LogP contribution < -0.4 is 10.3 Å². The Hall–Kier alpha value is -3.95. The number of carboxylic acids is 1. The Morgan fingerprint density at radius 3 is 2.79 bits per heavy atom. The van der Waals surface area contributed by atoms with E-state index in [2.05, 4.69) is 15.6 Å². The maximum absolute atomic E-state index is 12.9. The number of carboxylic acid groups (broad SMARTS) is 1. The molecule has 0 spiro atoms. The van der Waals surface area contributed by atoms with Crippen LogP contribution in [0, 0.1) is 0 Å². The number of Topliss-reactive ketones (excluding diaryl/α,β-unsaturated/α-hetero) is 1. The van der Waals surface area contributed by atoms with Crippen molar-refractivity contribution in [3.05, 3.63) is 77.0 Å². The molecule has 34 heavy (non-hydrogen) atoms. The minimum Gasteiger partial charge on any atom is -0.478 e. The number of aromatic nitrogens is 2. The quantitative estimate of drug-likeness (QED) is 0.438. The molecule has 2 aromatic carbocycles. The second-order valence-corrected chi connectivity index (χ2v) is 8.09. The Morgan fingerprint density at radius 2 is 2.03 bits per heavy atom. The Kier molecular flexibility index (Phi) is 6.11. The van der Waals surface area contributed by atoms with Gasteiger partial charge in [-0.05, 0) is 47.8 Å². The van der Waals surface area contributed by atoms with E-state index in [-0.39, 0.29) is 17.4 Å². The number of carbonyl (C=O) groups excluding carboxylic acids is 1. The molecule has 9 nitrogen and oxygen atoms in total. The Morgan fingerprint density at radius 1 is 1.18 bits per heavy atom. The number of fused-ring (bicyclic) bond motifs is 1. The first-order chi connectivity index (χ1) is 16.6. The van der Waals surface area contributed by atoms with Gasteiger partial charge in [-0.1, -0.05) is 36.4 Å². The summed E-state index contributed by atoms with van der Waals surface area (Å²) in [5, 5.41) is 11.3. The maximum atomic E-state index is 12.9. The lowest BCUT2D eigenvalue weighted by Crippen LogP contribution is -2.31. The van der Waals surface area contributed by atoms with E-state index >= 15 is 0 Å². The number of allylic oxidation sites excluding steroid dienone is 3. The molecule has 0 atom stereocenters. The standard InChI is InChI=1S/C25H24N4O5/c30-22-15-19(16-6-2-1-3-7-16)21(29-11-13-34-28-29)14-17(22)8-5-12-33-25-26-20-10-4-9-18(24(31)32)23(20)27-25/h1-4,6-7,9-10,14,28H,5,8,11-13,15H2,(H,26,27)(H,31,32). The molecule has 0 amide bonds. The molecular formula is C25H24N4O5. The summed E-state index contributed by atoms with van der Waals surface area (Å²) in [4.78, 5) is 36.9. The zero-order valence-electron chi connectivity index (χ0n) is 18.4. The molecule has 5 rings (SSSR count). The number of hydrogen-bond donors (Lipinski definition) is 3. The molecule has 0 radical (unpaired) electrons. The van der Waals surface area contributed by atoms with Crippen molar-refractivity contribution < 1.29 is 24.3 Å². The maximum Gasteiger partial charge on any atom is 0.337 e. The summed E-state index contributed by atoms with van der Waals surface area (Å²) in [5.41, 5.74) is 7.69. The topological polar surface area (TPSA) is 117 Å². The molecule has 1 aliphatic carbocycles. The number of nitrogens with zero attached hydrogens (tertiary/aromatic N) is 2. The van der Waals surface area contributed by atoms with Crippen molar-refractivity contribution in [3.63, 3.8) is 0 Å². The number of hydrogen-bond acceptors (Lipinski definition) is 7. The van der Waals surface area contributed by atoms with Crippen LogP contribution in [0.4, 0.5) is 0 Å². The van der Waals surface area contributed by atoms with Gasteiger partial charge in [0.15, 0.2) is 5.78 Å². The van der Waals surface area contributed by atoms with Crippen LogP contribution in [0.2, 0.25) is 0 Å². The Bertz CT molecular complexity index is 1290. The van der Waals surface area contributed by atoms with E-state index in [0.717, 1.165) is 22.4 Å². The first-order valence-electron chi connectivity index (χ1n) is 11.1. The number of imidazole rings is 1. The number of nitrogens with one attached hydrogen (secondary N) is 2. The number of aromatic carboxylic acids is 1. The zero-order chi connectivity index (χ0) is 23.5. The average Bonchev–Trinajstić information content (AvgIpc) is 3.52. The van der Waals surface area contributed by atoms with Crippen molar-refractivity contribution >= 4 is 28.4 Å². The van der Waals surface area contributed by atoms with Gasteiger partial charge >= 0.3 is 5.97 Å². The lowest BCUT2D eigenvalue weighted by atomic mass is 9.88. The van der Waals surface area contributed by atoms with E-state index in [1.165, 1.54) is 6.07 Å². The fourth-order valence-corrected chi connectivity index (χ4v) is 4.20. The summed E-state index contributed by atoms with van der Waals surface area (Å²) >= 11 is 0. The summed E-state index contributed by atoms with van der Waals surface area (Å²) in [6, 6.07) is 15.1. The predicted octanol–water partition coefficient (Wildman–Crippen LogP) is 3.48. The minimum absolute atomic E-state index is 0.0950. The summed E-state index contributed by atoms with van der Waals surface area (Å²) in [7, 11) is 0. The SMILES string of the molecule is O=C1CC(c2ccccc2)=C(N2CCON2)C=C1CCCOc1nc2cccc(C(=O)O)c2[nH]1. The molecule has 0 bridgehead atoms. The van der Waals surface area contributed by atoms with Gasteiger partial charge < -0.3 is 14.8 Å². The second kappa shape index (κ2) is 9.50. The van der Waals surface area contributed by atoms with Gasteiger partial charge in [-0.25, -0.2) is 4.79 Å². The van der Waals surface area contributed by atoms with Gasteiger partial charge in [-0.3, -0.25) is 14.6 Å². The van der Waals surface area contributed by atoms with Crippen LogP contribution in [-0.4, -0.2) is 51.6 Å². The Balaban J connectivity index is 1.28. The number of aromatic amines is 1. The molecule has 1 fully saturated rings. The third kappa shape index (κ3) is 4.43. The second-order valence-electron chi connectivity index (χ2n) is 8.09. The molecule has 174 valence electrons. The molecule has 1 aromatic heterocycles. The van der Waals surface area contributed by atoms with Crippen LogP contribution in [0.1, 0.15) is 35.2 Å². The summed E-state index contributed by atoms with van der Waals surface area (Å²) in [6.07, 6.45) is 3.43. The molecular weight excluding hydrogens is 436 g/mol. The van der Waals surface area contributed by atoms with Crippen LogP contribution in [-0.2, 0) is 9.63 Å². The van der Waals surface area contributed by atoms with E-state index < -0.39 is 5.97 Å². The third-order valence-electron chi connectivity index (χ3n) is 5.88. The van der Waals surface area contributed by atoms with E-state index in [9.17, 15) is 14.7 Å². The fourth-order valence-electron chi connectivity index (χ4n) is 4.20. The highest BCUT2D eigenvalue weighted by molar-refractivity contribution is 6.05. The van der Waals surface area contributed by atoms with Crippen molar-refractivity contribution in [2.75, 3.05) is 19.8 Å². The van der Waals surface area contributed by atoms with Crippen molar-refractivity contribution in [2.24, 2.45) is 0 Å². The number of para-hydroxylation sites is 1. The van der Waals surface area contributed by atoms with Crippen molar-refractivity contribution in [1.29, 1.82) is 0 Å². The van der Waals surface area contributed by atoms with Crippen molar-refractivity contribution in [3.8, 4) is 6.01 Å². The number of carbonyl (C=O) groups is 2. The number of hydrazine groups is 1. The molecule has 3 aromatic rings. The van der Waals surface area contributed by atoms with Gasteiger partial charge in [0, 0.05) is 6.42 Å². The molecule has 1 saturated heterocycles. The predicted molar refractivity (Wildman–Crippen MR) is 125 cm³/mol. The van der Waals surface area contributed by atoms with Crippen LogP contribution in [0.3, 0.4) is 0 Å². The number of H-pyrrole nitrogens is 1. The van der Waals surface area contributed by atoms with Gasteiger partial charge in [0.1, 0.15) is 0 Å². The lowest BCUT2D eigenvalue weighted by Gasteiger charge is -2.26. The highest BCUT2D eigenvalue weighted by Crippen LogP contribution is 2.33. The highest BCUT2D eigenvalue weighted by atomic mass is 16.7. The first kappa shape index (κ1) is 21.9. The highest BCUT2D eigenvalue weighted by Gasteiger charge is 2.26. The van der Waals surface area contributed by atoms with Gasteiger partial charge in [-0.2, -0.15) is 4.98 Å². The summed E-state index contributed by atoms with van der Waals surface area (Å²) in [5.74, 6) is -0.933. The first-order valence-corrected chi connectivity index (χ1v) is 11.1. The van der Waals surface area contributed by atoms with Crippen LogP contribution >= 0.6 is 0 Å². The Labute approximate surface area is 195 Å². The monoisotopic (exact) mass is 460 g/mol. The van der Waals surface area contributed by atoms with Gasteiger partial charge in [0.2, 0.25) is 0 Å². The number of ketones is 1. The third-order valence-corrected chi connectivity index (χ3v) is 5.88. The molecule has 9 heteroatoms. The fraction of sp³-hybridized carbons (Fsp3) is 0.240. The van der Waals surface area contributed by atoms with Crippen LogP contribution in [0.5, 0.6) is 6.01 Å². The van der Waals surface area contributed by atoms with Crippen LogP contribution in [0.15, 0.2) is 65.9 Å². The average molecular weight is 460 g/mol.